The first-order valence-corrected chi connectivity index (χ1v) is 10.0. The molecule has 1 aliphatic rings. The van der Waals surface area contributed by atoms with Crippen molar-refractivity contribution in [1.82, 2.24) is 19.8 Å². The summed E-state index contributed by atoms with van der Waals surface area (Å²) in [5, 5.41) is 4.88. The molecule has 1 aromatic rings. The van der Waals surface area contributed by atoms with Gasteiger partial charge in [0.05, 0.1) is 0 Å². The van der Waals surface area contributed by atoms with Crippen LogP contribution in [0.2, 0.25) is 0 Å². The largest absolute Gasteiger partial charge is 0.355 e. The van der Waals surface area contributed by atoms with Crippen molar-refractivity contribution in [1.29, 1.82) is 0 Å². The van der Waals surface area contributed by atoms with Gasteiger partial charge in [-0.05, 0) is 11.4 Å². The predicted molar refractivity (Wildman–Crippen MR) is 94.7 cm³/mol. The molecule has 2 rings (SSSR count). The van der Waals surface area contributed by atoms with E-state index in [-0.39, 0.29) is 12.5 Å². The zero-order valence-electron chi connectivity index (χ0n) is 13.9. The molecule has 0 unspecified atom stereocenters. The Balaban J connectivity index is 1.76. The lowest BCUT2D eigenvalue weighted by molar-refractivity contribution is -0.130. The summed E-state index contributed by atoms with van der Waals surface area (Å²) in [5.41, 5.74) is 0. The fourth-order valence-corrected chi connectivity index (χ4v) is 4.48. The normalized spacial score (nSPS) is 16.3. The molecule has 0 spiro atoms. The Bertz CT molecular complexity index is 665. The Morgan fingerprint density at radius 3 is 2.46 bits per heavy atom. The molecule has 1 amide bonds. The molecule has 1 aromatic heterocycles. The SMILES string of the molecule is CN=C(NCCNS(=O)(=O)c1cccs1)N1CCN(C(C)=O)CC1. The van der Waals surface area contributed by atoms with Crippen LogP contribution >= 0.6 is 11.3 Å². The molecular weight excluding hydrogens is 350 g/mol. The number of hydrogen-bond acceptors (Lipinski definition) is 5. The number of amides is 1. The molecule has 1 saturated heterocycles. The highest BCUT2D eigenvalue weighted by atomic mass is 32.2. The van der Waals surface area contributed by atoms with Crippen LogP contribution in [-0.2, 0) is 14.8 Å². The van der Waals surface area contributed by atoms with Crippen LogP contribution in [0.15, 0.2) is 26.7 Å². The van der Waals surface area contributed by atoms with E-state index in [9.17, 15) is 13.2 Å². The van der Waals surface area contributed by atoms with E-state index in [1.54, 1.807) is 36.4 Å². The highest BCUT2D eigenvalue weighted by molar-refractivity contribution is 7.91. The summed E-state index contributed by atoms with van der Waals surface area (Å²) in [6.07, 6.45) is 0. The summed E-state index contributed by atoms with van der Waals surface area (Å²) < 4.78 is 26.9. The van der Waals surface area contributed by atoms with Crippen molar-refractivity contribution in [3.63, 3.8) is 0 Å². The van der Waals surface area contributed by atoms with Gasteiger partial charge in [0.1, 0.15) is 4.21 Å². The minimum absolute atomic E-state index is 0.0839. The average molecular weight is 374 g/mol. The number of hydrogen-bond donors (Lipinski definition) is 2. The molecule has 134 valence electrons. The van der Waals surface area contributed by atoms with Crippen molar-refractivity contribution in [2.24, 2.45) is 4.99 Å². The van der Waals surface area contributed by atoms with Crippen molar-refractivity contribution in [3.05, 3.63) is 17.5 Å². The molecule has 24 heavy (non-hydrogen) atoms. The van der Waals surface area contributed by atoms with Gasteiger partial charge in [-0.2, -0.15) is 0 Å². The second-order valence-electron chi connectivity index (χ2n) is 5.30. The lowest BCUT2D eigenvalue weighted by Crippen LogP contribution is -2.54. The van der Waals surface area contributed by atoms with Gasteiger partial charge in [0, 0.05) is 53.2 Å². The number of nitrogens with one attached hydrogen (secondary N) is 2. The number of aliphatic imine (C=N–C) groups is 1. The van der Waals surface area contributed by atoms with Crippen molar-refractivity contribution in [3.8, 4) is 0 Å². The van der Waals surface area contributed by atoms with E-state index < -0.39 is 10.0 Å². The first kappa shape index (κ1) is 18.7. The van der Waals surface area contributed by atoms with Crippen LogP contribution < -0.4 is 10.0 Å². The third-order valence-corrected chi connectivity index (χ3v) is 6.55. The van der Waals surface area contributed by atoms with Gasteiger partial charge in [-0.1, -0.05) is 6.07 Å². The van der Waals surface area contributed by atoms with Crippen molar-refractivity contribution in [2.45, 2.75) is 11.1 Å². The molecule has 0 bridgehead atoms. The molecule has 2 heterocycles. The Morgan fingerprint density at radius 1 is 1.25 bits per heavy atom. The Morgan fingerprint density at radius 2 is 1.92 bits per heavy atom. The van der Waals surface area contributed by atoms with Crippen LogP contribution in [0.3, 0.4) is 0 Å². The second kappa shape index (κ2) is 8.45. The average Bonchev–Trinajstić information content (AvgIpc) is 3.10. The predicted octanol–water partition coefficient (Wildman–Crippen LogP) is -0.234. The van der Waals surface area contributed by atoms with Crippen LogP contribution in [0.1, 0.15) is 6.92 Å². The summed E-state index contributed by atoms with van der Waals surface area (Å²) in [5.74, 6) is 0.800. The summed E-state index contributed by atoms with van der Waals surface area (Å²) in [4.78, 5) is 19.4. The third kappa shape index (κ3) is 4.92. The van der Waals surface area contributed by atoms with Gasteiger partial charge in [0.15, 0.2) is 5.96 Å². The van der Waals surface area contributed by atoms with Crippen molar-refractivity contribution >= 4 is 33.2 Å². The highest BCUT2D eigenvalue weighted by Gasteiger charge is 2.21. The Labute approximate surface area is 146 Å². The summed E-state index contributed by atoms with van der Waals surface area (Å²) in [6.45, 7) is 5.03. The zero-order valence-corrected chi connectivity index (χ0v) is 15.5. The maximum atomic E-state index is 12.0. The molecule has 0 radical (unpaired) electrons. The lowest BCUT2D eigenvalue weighted by Gasteiger charge is -2.36. The third-order valence-electron chi connectivity index (χ3n) is 3.70. The van der Waals surface area contributed by atoms with E-state index in [1.807, 2.05) is 0 Å². The fraction of sp³-hybridized carbons (Fsp3) is 0.571. The van der Waals surface area contributed by atoms with Gasteiger partial charge in [-0.25, -0.2) is 13.1 Å². The van der Waals surface area contributed by atoms with Crippen molar-refractivity contribution in [2.75, 3.05) is 46.3 Å². The van der Waals surface area contributed by atoms with Crippen LogP contribution in [0.25, 0.3) is 0 Å². The van der Waals surface area contributed by atoms with Gasteiger partial charge >= 0.3 is 0 Å². The number of guanidine groups is 1. The van der Waals surface area contributed by atoms with Crippen LogP contribution in [0.5, 0.6) is 0 Å². The zero-order chi connectivity index (χ0) is 17.6. The Hall–Kier alpha value is -1.65. The van der Waals surface area contributed by atoms with E-state index in [2.05, 4.69) is 19.9 Å². The summed E-state index contributed by atoms with van der Waals surface area (Å²) in [6, 6.07) is 3.29. The van der Waals surface area contributed by atoms with Gasteiger partial charge in [0.25, 0.3) is 0 Å². The molecule has 0 atom stereocenters. The van der Waals surface area contributed by atoms with Gasteiger partial charge < -0.3 is 15.1 Å². The maximum absolute atomic E-state index is 12.0. The molecule has 2 N–H and O–H groups in total. The Kier molecular flexibility index (Phi) is 6.58. The first-order chi connectivity index (χ1) is 11.4. The summed E-state index contributed by atoms with van der Waals surface area (Å²) >= 11 is 1.19. The smallest absolute Gasteiger partial charge is 0.250 e. The van der Waals surface area contributed by atoms with Gasteiger partial charge in [-0.3, -0.25) is 9.79 Å². The number of rotatable bonds is 5. The van der Waals surface area contributed by atoms with E-state index in [0.717, 1.165) is 0 Å². The molecule has 1 fully saturated rings. The van der Waals surface area contributed by atoms with Gasteiger partial charge in [-0.15, -0.1) is 11.3 Å². The number of thiophene rings is 1. The standard InChI is InChI=1S/C14H23N5O3S2/c1-12(20)18-7-9-19(10-8-18)14(15-2)16-5-6-17-24(21,22)13-4-3-11-23-13/h3-4,11,17H,5-10H2,1-2H3,(H,15,16). The van der Waals surface area contributed by atoms with E-state index in [0.29, 0.717) is 42.9 Å². The molecule has 10 heteroatoms. The lowest BCUT2D eigenvalue weighted by atomic mass is 10.3. The minimum Gasteiger partial charge on any atom is -0.355 e. The number of nitrogens with zero attached hydrogens (tertiary/aromatic N) is 3. The molecule has 1 aliphatic heterocycles. The monoisotopic (exact) mass is 373 g/mol. The number of carbonyl (C=O) groups excluding carboxylic acids is 1. The minimum atomic E-state index is -3.43. The van der Waals surface area contributed by atoms with Crippen LogP contribution in [-0.4, -0.2) is 76.4 Å². The van der Waals surface area contributed by atoms with E-state index >= 15 is 0 Å². The second-order valence-corrected chi connectivity index (χ2v) is 8.24. The first-order valence-electron chi connectivity index (χ1n) is 7.68. The van der Waals surface area contributed by atoms with E-state index in [4.69, 9.17) is 0 Å². The molecule has 8 nitrogen and oxygen atoms in total. The molecule has 0 aromatic carbocycles. The van der Waals surface area contributed by atoms with Crippen LogP contribution in [0, 0.1) is 0 Å². The highest BCUT2D eigenvalue weighted by Crippen LogP contribution is 2.14. The molecule has 0 aliphatic carbocycles. The number of carbonyl (C=O) groups is 1. The van der Waals surface area contributed by atoms with Gasteiger partial charge in [0.2, 0.25) is 15.9 Å². The molecular formula is C14H23N5O3S2. The maximum Gasteiger partial charge on any atom is 0.250 e. The number of piperazine rings is 1. The van der Waals surface area contributed by atoms with Crippen LogP contribution in [0.4, 0.5) is 0 Å². The van der Waals surface area contributed by atoms with Crippen molar-refractivity contribution < 1.29 is 13.2 Å². The molecule has 0 saturated carbocycles. The summed E-state index contributed by atoms with van der Waals surface area (Å²) in [7, 11) is -1.74. The number of sulfonamides is 1. The topological polar surface area (TPSA) is 94.1 Å². The van der Waals surface area contributed by atoms with E-state index in [1.165, 1.54) is 11.3 Å². The quantitative estimate of drug-likeness (QED) is 0.422. The fourth-order valence-electron chi connectivity index (χ4n) is 2.41.